The van der Waals surface area contributed by atoms with Gasteiger partial charge >= 0.3 is 0 Å². The van der Waals surface area contributed by atoms with Gasteiger partial charge in [-0.3, -0.25) is 0 Å². The molecule has 11 aromatic rings. The van der Waals surface area contributed by atoms with Gasteiger partial charge in [0.25, 0.3) is 0 Å². The molecule has 262 valence electrons. The van der Waals surface area contributed by atoms with Crippen LogP contribution in [0.5, 0.6) is 0 Å². The van der Waals surface area contributed by atoms with Crippen molar-refractivity contribution in [2.75, 3.05) is 0 Å². The largest absolute Gasteiger partial charge is 0.307 e. The number of hydrogen-bond acceptors (Lipinski definition) is 2. The molecule has 4 nitrogen and oxygen atoms in total. The van der Waals surface area contributed by atoms with E-state index in [0.717, 1.165) is 61.9 Å². The van der Waals surface area contributed by atoms with Crippen molar-refractivity contribution in [2.24, 2.45) is 0 Å². The third kappa shape index (κ3) is 5.23. The summed E-state index contributed by atoms with van der Waals surface area (Å²) in [5, 5.41) is 4.91. The number of nitrogens with zero attached hydrogens (tertiary/aromatic N) is 4. The van der Waals surface area contributed by atoms with Gasteiger partial charge in [0.2, 0.25) is 0 Å². The molecule has 0 aliphatic carbocycles. The fourth-order valence-corrected chi connectivity index (χ4v) is 8.37. The number of rotatable bonds is 6. The molecule has 4 heterocycles. The first kappa shape index (κ1) is 31.9. The lowest BCUT2D eigenvalue weighted by atomic mass is 10.0. The van der Waals surface area contributed by atoms with Gasteiger partial charge in [0.05, 0.1) is 44.8 Å². The Morgan fingerprint density at radius 2 is 0.696 bits per heavy atom. The van der Waals surface area contributed by atoms with E-state index in [1.165, 1.54) is 38.1 Å². The Kier molecular flexibility index (Phi) is 7.46. The Morgan fingerprint density at radius 3 is 1.29 bits per heavy atom. The van der Waals surface area contributed by atoms with E-state index in [-0.39, 0.29) is 0 Å². The molecule has 0 N–H and O–H groups in total. The second-order valence-electron chi connectivity index (χ2n) is 14.2. The Labute approximate surface area is 324 Å². The number of fused-ring (bicyclic) bond motifs is 7. The second kappa shape index (κ2) is 13.1. The fourth-order valence-electron chi connectivity index (χ4n) is 8.37. The molecular formula is C52H34N4. The fraction of sp³-hybridized carbons (Fsp3) is 0. The lowest BCUT2D eigenvalue weighted by molar-refractivity contribution is 1.15. The monoisotopic (exact) mass is 714 g/mol. The van der Waals surface area contributed by atoms with Crippen LogP contribution in [-0.4, -0.2) is 19.1 Å². The highest BCUT2D eigenvalue weighted by Crippen LogP contribution is 2.42. The quantitative estimate of drug-likeness (QED) is 0.172. The standard InChI is InChI=1S/C52H34N4/c1-4-16-35(17-5-1)47-33-38(34-48(54-47)36-18-6-2-7-19-36)46-27-15-26-45(53-46)37-20-14-23-40(32-37)56-50-29-13-11-25-42(50)44-31-30-43-41-24-10-12-28-49(41)55(51(43)52(44)56)39-21-8-3-9-22-39/h1-34H. The summed E-state index contributed by atoms with van der Waals surface area (Å²) >= 11 is 0. The minimum atomic E-state index is 0.899. The maximum absolute atomic E-state index is 5.32. The Balaban J connectivity index is 1.11. The van der Waals surface area contributed by atoms with Crippen molar-refractivity contribution < 1.29 is 0 Å². The lowest BCUT2D eigenvalue weighted by Gasteiger charge is -2.14. The molecule has 4 heteroatoms. The van der Waals surface area contributed by atoms with Crippen LogP contribution in [0.2, 0.25) is 0 Å². The summed E-state index contributed by atoms with van der Waals surface area (Å²) in [6.07, 6.45) is 0. The highest BCUT2D eigenvalue weighted by Gasteiger charge is 2.21. The Hall–Kier alpha value is -7.56. The summed E-state index contributed by atoms with van der Waals surface area (Å²) in [5.41, 5.74) is 14.8. The number of para-hydroxylation sites is 3. The molecule has 0 aliphatic rings. The first-order chi connectivity index (χ1) is 27.8. The molecule has 0 bridgehead atoms. The van der Waals surface area contributed by atoms with Gasteiger partial charge in [0.15, 0.2) is 0 Å². The molecule has 0 saturated carbocycles. The van der Waals surface area contributed by atoms with Gasteiger partial charge in [0, 0.05) is 55.2 Å². The molecule has 0 spiro atoms. The predicted molar refractivity (Wildman–Crippen MR) is 232 cm³/mol. The van der Waals surface area contributed by atoms with Crippen LogP contribution >= 0.6 is 0 Å². The van der Waals surface area contributed by atoms with Crippen molar-refractivity contribution >= 4 is 43.6 Å². The van der Waals surface area contributed by atoms with Gasteiger partial charge in [-0.15, -0.1) is 0 Å². The molecule has 0 saturated heterocycles. The van der Waals surface area contributed by atoms with Crippen LogP contribution in [0, 0.1) is 0 Å². The first-order valence-electron chi connectivity index (χ1n) is 19.0. The first-order valence-corrected chi connectivity index (χ1v) is 19.0. The zero-order valence-corrected chi connectivity index (χ0v) is 30.4. The number of aromatic nitrogens is 4. The van der Waals surface area contributed by atoms with Crippen LogP contribution in [0.3, 0.4) is 0 Å². The summed E-state index contributed by atoms with van der Waals surface area (Å²) in [5.74, 6) is 0. The molecule has 7 aromatic carbocycles. The van der Waals surface area contributed by atoms with Crippen molar-refractivity contribution in [2.45, 2.75) is 0 Å². The smallest absolute Gasteiger partial charge is 0.0788 e. The lowest BCUT2D eigenvalue weighted by Crippen LogP contribution is -1.99. The van der Waals surface area contributed by atoms with Crippen molar-refractivity contribution in [3.8, 4) is 56.4 Å². The van der Waals surface area contributed by atoms with E-state index < -0.39 is 0 Å². The second-order valence-corrected chi connectivity index (χ2v) is 14.2. The van der Waals surface area contributed by atoms with Gasteiger partial charge in [-0.1, -0.05) is 146 Å². The average Bonchev–Trinajstić information content (AvgIpc) is 3.80. The third-order valence-electron chi connectivity index (χ3n) is 10.9. The highest BCUT2D eigenvalue weighted by atomic mass is 15.0. The van der Waals surface area contributed by atoms with E-state index in [2.05, 4.69) is 203 Å². The zero-order valence-electron chi connectivity index (χ0n) is 30.4. The topological polar surface area (TPSA) is 35.6 Å². The number of benzene rings is 7. The minimum absolute atomic E-state index is 0.899. The predicted octanol–water partition coefficient (Wildman–Crippen LogP) is 13.3. The van der Waals surface area contributed by atoms with E-state index in [4.69, 9.17) is 9.97 Å². The molecule has 0 fully saturated rings. The van der Waals surface area contributed by atoms with E-state index in [1.54, 1.807) is 0 Å². The zero-order chi connectivity index (χ0) is 37.0. The molecular weight excluding hydrogens is 681 g/mol. The van der Waals surface area contributed by atoms with Gasteiger partial charge in [0.1, 0.15) is 0 Å². The molecule has 0 amide bonds. The molecule has 4 aromatic heterocycles. The summed E-state index contributed by atoms with van der Waals surface area (Å²) in [4.78, 5) is 10.4. The van der Waals surface area contributed by atoms with Gasteiger partial charge < -0.3 is 9.13 Å². The van der Waals surface area contributed by atoms with Crippen molar-refractivity contribution in [3.05, 3.63) is 206 Å². The van der Waals surface area contributed by atoms with E-state index >= 15 is 0 Å². The molecule has 56 heavy (non-hydrogen) atoms. The maximum Gasteiger partial charge on any atom is 0.0788 e. The van der Waals surface area contributed by atoms with Crippen LogP contribution in [0.25, 0.3) is 100 Å². The third-order valence-corrected chi connectivity index (χ3v) is 10.9. The summed E-state index contributed by atoms with van der Waals surface area (Å²) in [6.45, 7) is 0. The van der Waals surface area contributed by atoms with Crippen molar-refractivity contribution in [1.82, 2.24) is 19.1 Å². The Bertz CT molecular complexity index is 3170. The van der Waals surface area contributed by atoms with Crippen molar-refractivity contribution in [1.29, 1.82) is 0 Å². The SMILES string of the molecule is c1ccc(-c2cc(-c3cccc(-c4cccc(-n5c6ccccc6c6ccc7c8ccccc8n(-c8ccccc8)c7c65)c4)n3)cc(-c3ccccc3)n2)cc1. The summed E-state index contributed by atoms with van der Waals surface area (Å²) in [7, 11) is 0. The number of hydrogen-bond donors (Lipinski definition) is 0. The van der Waals surface area contributed by atoms with Gasteiger partial charge in [-0.25, -0.2) is 9.97 Å². The minimum Gasteiger partial charge on any atom is -0.307 e. The highest BCUT2D eigenvalue weighted by molar-refractivity contribution is 6.23. The van der Waals surface area contributed by atoms with Crippen LogP contribution < -0.4 is 0 Å². The average molecular weight is 715 g/mol. The van der Waals surface area contributed by atoms with Gasteiger partial charge in [-0.2, -0.15) is 0 Å². The van der Waals surface area contributed by atoms with Crippen molar-refractivity contribution in [3.63, 3.8) is 0 Å². The molecule has 11 rings (SSSR count). The van der Waals surface area contributed by atoms with Crippen LogP contribution in [0.4, 0.5) is 0 Å². The number of pyridine rings is 2. The summed E-state index contributed by atoms with van der Waals surface area (Å²) < 4.78 is 4.87. The normalized spacial score (nSPS) is 11.6. The van der Waals surface area contributed by atoms with Crippen LogP contribution in [-0.2, 0) is 0 Å². The van der Waals surface area contributed by atoms with E-state index in [0.29, 0.717) is 0 Å². The van der Waals surface area contributed by atoms with E-state index in [9.17, 15) is 0 Å². The van der Waals surface area contributed by atoms with E-state index in [1.807, 2.05) is 12.1 Å². The maximum atomic E-state index is 5.32. The van der Waals surface area contributed by atoms with Gasteiger partial charge in [-0.05, 0) is 60.7 Å². The van der Waals surface area contributed by atoms with Crippen LogP contribution in [0.1, 0.15) is 0 Å². The Morgan fingerprint density at radius 1 is 0.268 bits per heavy atom. The molecule has 0 unspecified atom stereocenters. The molecule has 0 radical (unpaired) electrons. The molecule has 0 aliphatic heterocycles. The molecule has 0 atom stereocenters. The van der Waals surface area contributed by atoms with Crippen LogP contribution in [0.15, 0.2) is 206 Å². The summed E-state index contributed by atoms with van der Waals surface area (Å²) in [6, 6.07) is 73.0.